The summed E-state index contributed by atoms with van der Waals surface area (Å²) in [6, 6.07) is 10.1. The van der Waals surface area contributed by atoms with Crippen molar-refractivity contribution in [3.8, 4) is 0 Å². The first-order valence-electron chi connectivity index (χ1n) is 7.77. The van der Waals surface area contributed by atoms with Gasteiger partial charge in [0.05, 0.1) is 23.9 Å². The van der Waals surface area contributed by atoms with Crippen LogP contribution in [0, 0.1) is 0 Å². The minimum atomic E-state index is -0.636. The molecule has 3 rings (SSSR count). The Balaban J connectivity index is 1.86. The molecule has 0 aliphatic carbocycles. The van der Waals surface area contributed by atoms with Gasteiger partial charge in [-0.25, -0.2) is 4.79 Å². The smallest absolute Gasteiger partial charge is 0.329 e. The summed E-state index contributed by atoms with van der Waals surface area (Å²) in [4.78, 5) is 24.9. The van der Waals surface area contributed by atoms with Crippen molar-refractivity contribution < 1.29 is 14.3 Å². The first-order valence-corrected chi connectivity index (χ1v) is 7.77. The van der Waals surface area contributed by atoms with Crippen molar-refractivity contribution in [2.75, 3.05) is 6.61 Å². The summed E-state index contributed by atoms with van der Waals surface area (Å²) in [5.74, 6) is 0.0979. The van der Waals surface area contributed by atoms with Crippen LogP contribution in [0.15, 0.2) is 51.9 Å². The van der Waals surface area contributed by atoms with E-state index in [0.717, 1.165) is 5.52 Å². The molecule has 0 radical (unpaired) electrons. The molecule has 0 saturated heterocycles. The van der Waals surface area contributed by atoms with E-state index in [-0.39, 0.29) is 24.7 Å². The number of amides is 1. The lowest BCUT2D eigenvalue weighted by Crippen LogP contribution is -2.36. The lowest BCUT2D eigenvalue weighted by atomic mass is 10.2. The molecular formula is C17H19N3O4. The lowest BCUT2D eigenvalue weighted by molar-refractivity contribution is -0.122. The summed E-state index contributed by atoms with van der Waals surface area (Å²) in [6.07, 6.45) is 1.48. The van der Waals surface area contributed by atoms with Gasteiger partial charge >= 0.3 is 5.69 Å². The van der Waals surface area contributed by atoms with Gasteiger partial charge in [0.15, 0.2) is 0 Å². The molecule has 7 heteroatoms. The first-order chi connectivity index (χ1) is 11.7. The quantitative estimate of drug-likeness (QED) is 0.712. The number of nitrogens with one attached hydrogen (secondary N) is 1. The van der Waals surface area contributed by atoms with Crippen LogP contribution < -0.4 is 11.0 Å². The molecule has 0 aliphatic rings. The highest BCUT2D eigenvalue weighted by Gasteiger charge is 2.19. The van der Waals surface area contributed by atoms with E-state index in [1.165, 1.54) is 10.8 Å². The second-order valence-corrected chi connectivity index (χ2v) is 5.42. The average Bonchev–Trinajstić information content (AvgIpc) is 3.20. The second kappa shape index (κ2) is 6.76. The highest BCUT2D eigenvalue weighted by atomic mass is 16.3. The van der Waals surface area contributed by atoms with Crippen LogP contribution in [0.3, 0.4) is 0 Å². The van der Waals surface area contributed by atoms with E-state index in [1.807, 2.05) is 31.2 Å². The normalized spacial score (nSPS) is 12.4. The number of hydrogen-bond acceptors (Lipinski definition) is 4. The Hall–Kier alpha value is -2.80. The number of hydrogen-bond donors (Lipinski definition) is 2. The Morgan fingerprint density at radius 2 is 1.92 bits per heavy atom. The fourth-order valence-electron chi connectivity index (χ4n) is 2.81. The Kier molecular flexibility index (Phi) is 4.52. The summed E-state index contributed by atoms with van der Waals surface area (Å²) in [5.41, 5.74) is 1.27. The van der Waals surface area contributed by atoms with Crippen LogP contribution in [-0.4, -0.2) is 26.8 Å². The molecule has 7 nitrogen and oxygen atoms in total. The molecule has 0 aliphatic heterocycles. The number of furan rings is 1. The summed E-state index contributed by atoms with van der Waals surface area (Å²) in [5, 5.41) is 12.1. The Bertz CT molecular complexity index is 892. The molecule has 3 aromatic rings. The number of aryl methyl sites for hydroxylation is 1. The maximum atomic E-state index is 12.5. The molecule has 1 atom stereocenters. The lowest BCUT2D eigenvalue weighted by Gasteiger charge is -2.14. The number of imidazole rings is 1. The van der Waals surface area contributed by atoms with Crippen LogP contribution in [0.5, 0.6) is 0 Å². The van der Waals surface area contributed by atoms with Crippen LogP contribution in [-0.2, 0) is 17.9 Å². The number of aliphatic hydroxyl groups excluding tert-OH is 1. The highest BCUT2D eigenvalue weighted by Crippen LogP contribution is 2.14. The van der Waals surface area contributed by atoms with Crippen LogP contribution >= 0.6 is 0 Å². The fraction of sp³-hybridized carbons (Fsp3) is 0.294. The summed E-state index contributed by atoms with van der Waals surface area (Å²) in [7, 11) is 0. The van der Waals surface area contributed by atoms with Crippen molar-refractivity contribution in [1.29, 1.82) is 0 Å². The van der Waals surface area contributed by atoms with Gasteiger partial charge in [0.1, 0.15) is 18.3 Å². The largest absolute Gasteiger partial charge is 0.467 e. The van der Waals surface area contributed by atoms with Crippen LogP contribution in [0.1, 0.15) is 18.7 Å². The number of aliphatic hydroxyl groups is 1. The van der Waals surface area contributed by atoms with Crippen LogP contribution in [0.2, 0.25) is 0 Å². The SMILES string of the molecule is CCn1c(=O)n(CC(=O)NC(CO)c2ccco2)c2ccccc21. The minimum absolute atomic E-state index is 0.121. The molecule has 2 aromatic heterocycles. The Morgan fingerprint density at radius 1 is 1.21 bits per heavy atom. The number of nitrogens with zero attached hydrogens (tertiary/aromatic N) is 2. The second-order valence-electron chi connectivity index (χ2n) is 5.42. The summed E-state index contributed by atoms with van der Waals surface area (Å²) in [6.45, 7) is 2.00. The van der Waals surface area contributed by atoms with Gasteiger partial charge in [-0.05, 0) is 31.2 Å². The molecule has 0 spiro atoms. The van der Waals surface area contributed by atoms with Crippen molar-refractivity contribution in [2.24, 2.45) is 0 Å². The number of para-hydroxylation sites is 2. The van der Waals surface area contributed by atoms with Crippen molar-refractivity contribution in [2.45, 2.75) is 26.1 Å². The number of rotatable bonds is 6. The third kappa shape index (κ3) is 2.85. The number of carbonyl (C=O) groups excluding carboxylic acids is 1. The maximum absolute atomic E-state index is 12.5. The van der Waals surface area contributed by atoms with E-state index in [0.29, 0.717) is 17.8 Å². The number of carbonyl (C=O) groups is 1. The van der Waals surface area contributed by atoms with Gasteiger partial charge in [0.2, 0.25) is 5.91 Å². The zero-order valence-corrected chi connectivity index (χ0v) is 13.3. The molecule has 2 N–H and O–H groups in total. The molecule has 0 bridgehead atoms. The number of benzene rings is 1. The number of aromatic nitrogens is 2. The zero-order chi connectivity index (χ0) is 17.1. The van der Waals surface area contributed by atoms with Gasteiger partial charge in [-0.1, -0.05) is 12.1 Å². The first kappa shape index (κ1) is 16.1. The van der Waals surface area contributed by atoms with E-state index in [9.17, 15) is 14.7 Å². The summed E-state index contributed by atoms with van der Waals surface area (Å²) >= 11 is 0. The topological polar surface area (TPSA) is 89.4 Å². The van der Waals surface area contributed by atoms with E-state index in [4.69, 9.17) is 4.42 Å². The van der Waals surface area contributed by atoms with Gasteiger partial charge in [-0.3, -0.25) is 13.9 Å². The predicted octanol–water partition coefficient (Wildman–Crippen LogP) is 1.27. The van der Waals surface area contributed by atoms with Gasteiger partial charge in [-0.2, -0.15) is 0 Å². The molecule has 0 fully saturated rings. The number of fused-ring (bicyclic) bond motifs is 1. The standard InChI is InChI=1S/C17H19N3O4/c1-2-19-13-6-3-4-7-14(13)20(17(19)23)10-16(22)18-12(11-21)15-8-5-9-24-15/h3-9,12,21H,2,10-11H2,1H3,(H,18,22). The van der Waals surface area contributed by atoms with Crippen molar-refractivity contribution >= 4 is 16.9 Å². The fourth-order valence-corrected chi connectivity index (χ4v) is 2.81. The van der Waals surface area contributed by atoms with Crippen LogP contribution in [0.4, 0.5) is 0 Å². The molecule has 2 heterocycles. The third-order valence-electron chi connectivity index (χ3n) is 3.95. The predicted molar refractivity (Wildman–Crippen MR) is 88.5 cm³/mol. The maximum Gasteiger partial charge on any atom is 0.329 e. The van der Waals surface area contributed by atoms with E-state index in [1.54, 1.807) is 16.7 Å². The molecular weight excluding hydrogens is 310 g/mol. The van der Waals surface area contributed by atoms with Gasteiger partial charge < -0.3 is 14.8 Å². The highest BCUT2D eigenvalue weighted by molar-refractivity contribution is 5.81. The van der Waals surface area contributed by atoms with Crippen molar-refractivity contribution in [3.63, 3.8) is 0 Å². The molecule has 1 unspecified atom stereocenters. The van der Waals surface area contributed by atoms with Gasteiger partial charge in [0, 0.05) is 6.54 Å². The molecule has 1 aromatic carbocycles. The zero-order valence-electron chi connectivity index (χ0n) is 13.3. The van der Waals surface area contributed by atoms with Crippen molar-refractivity contribution in [1.82, 2.24) is 14.5 Å². The third-order valence-corrected chi connectivity index (χ3v) is 3.95. The Labute approximate surface area is 138 Å². The molecule has 126 valence electrons. The Morgan fingerprint density at radius 3 is 2.50 bits per heavy atom. The van der Waals surface area contributed by atoms with Crippen LogP contribution in [0.25, 0.3) is 11.0 Å². The molecule has 24 heavy (non-hydrogen) atoms. The van der Waals surface area contributed by atoms with E-state index in [2.05, 4.69) is 5.32 Å². The van der Waals surface area contributed by atoms with Crippen molar-refractivity contribution in [3.05, 3.63) is 58.9 Å². The van der Waals surface area contributed by atoms with Gasteiger partial charge in [-0.15, -0.1) is 0 Å². The average molecular weight is 329 g/mol. The molecule has 1 amide bonds. The molecule has 0 saturated carbocycles. The van der Waals surface area contributed by atoms with E-state index < -0.39 is 6.04 Å². The van der Waals surface area contributed by atoms with E-state index >= 15 is 0 Å². The van der Waals surface area contributed by atoms with Gasteiger partial charge in [0.25, 0.3) is 0 Å². The minimum Gasteiger partial charge on any atom is -0.467 e. The summed E-state index contributed by atoms with van der Waals surface area (Å²) < 4.78 is 8.26. The monoisotopic (exact) mass is 329 g/mol.